The van der Waals surface area contributed by atoms with Crippen molar-refractivity contribution in [2.24, 2.45) is 11.7 Å². The average Bonchev–Trinajstić information content (AvgIpc) is 2.86. The third-order valence-corrected chi connectivity index (χ3v) is 4.77. The topological polar surface area (TPSA) is 109 Å². The SMILES string of the molecule is CS(=O)(=O)c1cn[nH]c1CC1CCCN(C(=O)CN)C1. The minimum absolute atomic E-state index is 0.0192. The van der Waals surface area contributed by atoms with Crippen LogP contribution >= 0.6 is 0 Å². The van der Waals surface area contributed by atoms with Crippen LogP contribution in [-0.4, -0.2) is 55.3 Å². The summed E-state index contributed by atoms with van der Waals surface area (Å²) in [6.07, 6.45) is 4.98. The molecule has 2 rings (SSSR count). The van der Waals surface area contributed by atoms with Crippen LogP contribution in [0.1, 0.15) is 18.5 Å². The third-order valence-electron chi connectivity index (χ3n) is 3.62. The maximum absolute atomic E-state index is 11.6. The highest BCUT2D eigenvalue weighted by atomic mass is 32.2. The van der Waals surface area contributed by atoms with Crippen molar-refractivity contribution >= 4 is 15.7 Å². The number of rotatable bonds is 4. The number of H-pyrrole nitrogens is 1. The molecule has 0 bridgehead atoms. The summed E-state index contributed by atoms with van der Waals surface area (Å²) in [5.41, 5.74) is 6.00. The highest BCUT2D eigenvalue weighted by molar-refractivity contribution is 7.90. The van der Waals surface area contributed by atoms with Gasteiger partial charge in [0.05, 0.1) is 18.4 Å². The lowest BCUT2D eigenvalue weighted by Gasteiger charge is -2.32. The van der Waals surface area contributed by atoms with Gasteiger partial charge in [0.2, 0.25) is 5.91 Å². The molecule has 0 aromatic carbocycles. The Hall–Kier alpha value is -1.41. The van der Waals surface area contributed by atoms with E-state index in [-0.39, 0.29) is 23.3 Å². The molecule has 1 saturated heterocycles. The van der Waals surface area contributed by atoms with Crippen LogP contribution in [0.3, 0.4) is 0 Å². The van der Waals surface area contributed by atoms with Gasteiger partial charge in [0.25, 0.3) is 0 Å². The summed E-state index contributed by atoms with van der Waals surface area (Å²) >= 11 is 0. The minimum Gasteiger partial charge on any atom is -0.341 e. The van der Waals surface area contributed by atoms with Crippen LogP contribution in [0.2, 0.25) is 0 Å². The molecule has 112 valence electrons. The first kappa shape index (κ1) is 15.0. The number of aromatic amines is 1. The zero-order chi connectivity index (χ0) is 14.8. The normalized spacial score (nSPS) is 20.1. The Labute approximate surface area is 118 Å². The van der Waals surface area contributed by atoms with Gasteiger partial charge in [0, 0.05) is 19.3 Å². The minimum atomic E-state index is -3.27. The van der Waals surface area contributed by atoms with Gasteiger partial charge >= 0.3 is 0 Å². The van der Waals surface area contributed by atoms with E-state index in [4.69, 9.17) is 5.73 Å². The molecule has 20 heavy (non-hydrogen) atoms. The second-order valence-corrected chi connectivity index (χ2v) is 7.23. The summed E-state index contributed by atoms with van der Waals surface area (Å²) in [7, 11) is -3.27. The summed E-state index contributed by atoms with van der Waals surface area (Å²) in [6.45, 7) is 1.37. The zero-order valence-electron chi connectivity index (χ0n) is 11.5. The predicted molar refractivity (Wildman–Crippen MR) is 73.8 cm³/mol. The number of hydrogen-bond acceptors (Lipinski definition) is 5. The molecule has 0 saturated carbocycles. The van der Waals surface area contributed by atoms with E-state index < -0.39 is 9.84 Å². The molecular formula is C12H20N4O3S. The first-order chi connectivity index (χ1) is 9.41. The summed E-state index contributed by atoms with van der Waals surface area (Å²) in [4.78, 5) is 13.6. The second kappa shape index (κ2) is 5.92. The van der Waals surface area contributed by atoms with E-state index in [1.54, 1.807) is 4.90 Å². The number of nitrogens with two attached hydrogens (primary N) is 1. The van der Waals surface area contributed by atoms with E-state index in [9.17, 15) is 13.2 Å². The number of aromatic nitrogens is 2. The van der Waals surface area contributed by atoms with Crippen LogP contribution < -0.4 is 5.73 Å². The molecular weight excluding hydrogens is 280 g/mol. The quantitative estimate of drug-likeness (QED) is 0.783. The molecule has 1 amide bonds. The summed E-state index contributed by atoms with van der Waals surface area (Å²) < 4.78 is 23.3. The van der Waals surface area contributed by atoms with Crippen LogP contribution in [-0.2, 0) is 21.1 Å². The summed E-state index contributed by atoms with van der Waals surface area (Å²) in [5.74, 6) is 0.183. The van der Waals surface area contributed by atoms with Crippen molar-refractivity contribution in [1.29, 1.82) is 0 Å². The number of sulfone groups is 1. The number of carbonyl (C=O) groups is 1. The largest absolute Gasteiger partial charge is 0.341 e. The average molecular weight is 300 g/mol. The molecule has 3 N–H and O–H groups in total. The number of amides is 1. The summed E-state index contributed by atoms with van der Waals surface area (Å²) in [5, 5.41) is 6.58. The van der Waals surface area contributed by atoms with Crippen molar-refractivity contribution in [2.75, 3.05) is 25.9 Å². The lowest BCUT2D eigenvalue weighted by molar-refractivity contribution is -0.131. The van der Waals surface area contributed by atoms with E-state index in [0.717, 1.165) is 19.4 Å². The van der Waals surface area contributed by atoms with Gasteiger partial charge in [-0.3, -0.25) is 9.89 Å². The van der Waals surface area contributed by atoms with Gasteiger partial charge in [0.15, 0.2) is 9.84 Å². The Morgan fingerprint density at radius 2 is 2.35 bits per heavy atom. The fourth-order valence-corrected chi connectivity index (χ4v) is 3.46. The Morgan fingerprint density at radius 1 is 1.60 bits per heavy atom. The van der Waals surface area contributed by atoms with Crippen molar-refractivity contribution in [3.8, 4) is 0 Å². The van der Waals surface area contributed by atoms with Gasteiger partial charge in [0.1, 0.15) is 4.90 Å². The van der Waals surface area contributed by atoms with Gasteiger partial charge < -0.3 is 10.6 Å². The maximum Gasteiger partial charge on any atom is 0.236 e. The highest BCUT2D eigenvalue weighted by Gasteiger charge is 2.25. The standard InChI is InChI=1S/C12H20N4O3S/c1-20(18,19)11-7-14-15-10(11)5-9-3-2-4-16(8-9)12(17)6-13/h7,9H,2-6,8,13H2,1H3,(H,14,15). The van der Waals surface area contributed by atoms with Crippen molar-refractivity contribution < 1.29 is 13.2 Å². The lowest BCUT2D eigenvalue weighted by atomic mass is 9.93. The Bertz CT molecular complexity index is 581. The van der Waals surface area contributed by atoms with E-state index in [1.165, 1.54) is 12.5 Å². The van der Waals surface area contributed by atoms with Gasteiger partial charge in [-0.2, -0.15) is 5.10 Å². The molecule has 0 radical (unpaired) electrons. The Kier molecular flexibility index (Phi) is 4.44. The monoisotopic (exact) mass is 300 g/mol. The maximum atomic E-state index is 11.6. The number of piperidine rings is 1. The number of nitrogens with one attached hydrogen (secondary N) is 1. The van der Waals surface area contributed by atoms with Crippen molar-refractivity contribution in [2.45, 2.75) is 24.2 Å². The molecule has 2 heterocycles. The summed E-state index contributed by atoms with van der Waals surface area (Å²) in [6, 6.07) is 0. The zero-order valence-corrected chi connectivity index (χ0v) is 12.3. The number of hydrogen-bond donors (Lipinski definition) is 2. The fourth-order valence-electron chi connectivity index (χ4n) is 2.64. The van der Waals surface area contributed by atoms with Crippen LogP contribution in [0.5, 0.6) is 0 Å². The molecule has 1 aromatic rings. The van der Waals surface area contributed by atoms with Gasteiger partial charge in [-0.25, -0.2) is 8.42 Å². The number of carbonyl (C=O) groups excluding carboxylic acids is 1. The Morgan fingerprint density at radius 3 is 3.00 bits per heavy atom. The lowest BCUT2D eigenvalue weighted by Crippen LogP contribution is -2.43. The fraction of sp³-hybridized carbons (Fsp3) is 0.667. The first-order valence-electron chi connectivity index (χ1n) is 6.62. The molecule has 0 spiro atoms. The van der Waals surface area contributed by atoms with Crippen LogP contribution in [0.15, 0.2) is 11.1 Å². The molecule has 1 fully saturated rings. The predicted octanol–water partition coefficient (Wildman–Crippen LogP) is -0.447. The Balaban J connectivity index is 2.07. The smallest absolute Gasteiger partial charge is 0.236 e. The molecule has 1 aromatic heterocycles. The van der Waals surface area contributed by atoms with E-state index in [1.807, 2.05) is 0 Å². The first-order valence-corrected chi connectivity index (χ1v) is 8.51. The van der Waals surface area contributed by atoms with E-state index in [0.29, 0.717) is 18.7 Å². The van der Waals surface area contributed by atoms with Gasteiger partial charge in [-0.15, -0.1) is 0 Å². The van der Waals surface area contributed by atoms with Crippen molar-refractivity contribution in [1.82, 2.24) is 15.1 Å². The van der Waals surface area contributed by atoms with Crippen LogP contribution in [0.4, 0.5) is 0 Å². The van der Waals surface area contributed by atoms with Crippen LogP contribution in [0, 0.1) is 5.92 Å². The molecule has 0 aliphatic carbocycles. The second-order valence-electron chi connectivity index (χ2n) is 5.24. The number of likely N-dealkylation sites (tertiary alicyclic amines) is 1. The molecule has 8 heteroatoms. The van der Waals surface area contributed by atoms with Crippen LogP contribution in [0.25, 0.3) is 0 Å². The molecule has 1 aliphatic heterocycles. The number of nitrogens with zero attached hydrogens (tertiary/aromatic N) is 2. The molecule has 7 nitrogen and oxygen atoms in total. The molecule has 1 aliphatic rings. The molecule has 1 atom stereocenters. The van der Waals surface area contributed by atoms with Gasteiger partial charge in [-0.05, 0) is 25.2 Å². The van der Waals surface area contributed by atoms with Crippen molar-refractivity contribution in [3.63, 3.8) is 0 Å². The highest BCUT2D eigenvalue weighted by Crippen LogP contribution is 2.23. The van der Waals surface area contributed by atoms with E-state index in [2.05, 4.69) is 10.2 Å². The van der Waals surface area contributed by atoms with E-state index >= 15 is 0 Å². The van der Waals surface area contributed by atoms with Gasteiger partial charge in [-0.1, -0.05) is 0 Å². The van der Waals surface area contributed by atoms with Crippen molar-refractivity contribution in [3.05, 3.63) is 11.9 Å². The third kappa shape index (κ3) is 3.37. The molecule has 1 unspecified atom stereocenters.